The van der Waals surface area contributed by atoms with Crippen molar-refractivity contribution in [2.45, 2.75) is 0 Å². The minimum Gasteiger partial charge on any atom is -0.457 e. The molecule has 0 atom stereocenters. The minimum absolute atomic E-state index is 0.0578. The maximum Gasteiger partial charge on any atom is 0.270 e. The van der Waals surface area contributed by atoms with Crippen LogP contribution in [0.2, 0.25) is 0 Å². The lowest BCUT2D eigenvalue weighted by molar-refractivity contribution is -0.384. The van der Waals surface area contributed by atoms with E-state index in [2.05, 4.69) is 21.2 Å². The van der Waals surface area contributed by atoms with Gasteiger partial charge in [-0.3, -0.25) is 14.9 Å². The van der Waals surface area contributed by atoms with E-state index in [0.29, 0.717) is 17.0 Å². The van der Waals surface area contributed by atoms with Crippen LogP contribution in [0.4, 0.5) is 11.4 Å². The molecule has 0 aliphatic carbocycles. The van der Waals surface area contributed by atoms with E-state index in [1.807, 2.05) is 6.07 Å². The number of nitrogens with one attached hydrogen (secondary N) is 1. The number of carbonyl (C=O) groups is 1. The number of anilines is 1. The summed E-state index contributed by atoms with van der Waals surface area (Å²) in [6.07, 6.45) is 1.31. The van der Waals surface area contributed by atoms with E-state index in [0.717, 1.165) is 4.47 Å². The molecular formula is C20H12BrN3O4. The number of rotatable bonds is 5. The van der Waals surface area contributed by atoms with Crippen LogP contribution in [0, 0.1) is 21.4 Å². The molecule has 138 valence electrons. The first-order valence-electron chi connectivity index (χ1n) is 7.99. The summed E-state index contributed by atoms with van der Waals surface area (Å²) in [6, 6.07) is 18.0. The first kappa shape index (κ1) is 19.1. The Morgan fingerprint density at radius 3 is 2.61 bits per heavy atom. The number of halogens is 1. The second-order valence-electron chi connectivity index (χ2n) is 5.64. The summed E-state index contributed by atoms with van der Waals surface area (Å²) in [4.78, 5) is 22.7. The molecule has 0 saturated heterocycles. The second-order valence-corrected chi connectivity index (χ2v) is 6.56. The van der Waals surface area contributed by atoms with E-state index in [1.165, 1.54) is 18.2 Å². The molecule has 0 radical (unpaired) electrons. The number of benzene rings is 2. The molecule has 28 heavy (non-hydrogen) atoms. The topological polar surface area (TPSA) is 109 Å². The number of carbonyl (C=O) groups excluding carboxylic acids is 1. The quantitative estimate of drug-likeness (QED) is 0.256. The highest BCUT2D eigenvalue weighted by Crippen LogP contribution is 2.26. The fourth-order valence-electron chi connectivity index (χ4n) is 2.38. The summed E-state index contributed by atoms with van der Waals surface area (Å²) in [6.45, 7) is 0. The zero-order valence-corrected chi connectivity index (χ0v) is 15.8. The first-order valence-corrected chi connectivity index (χ1v) is 8.79. The van der Waals surface area contributed by atoms with Gasteiger partial charge in [-0.1, -0.05) is 28.1 Å². The normalized spacial score (nSPS) is 10.9. The van der Waals surface area contributed by atoms with Crippen molar-refractivity contribution in [3.05, 3.63) is 86.6 Å². The Morgan fingerprint density at radius 2 is 1.93 bits per heavy atom. The van der Waals surface area contributed by atoms with Crippen LogP contribution in [0.5, 0.6) is 0 Å². The Bertz CT molecular complexity index is 1110. The summed E-state index contributed by atoms with van der Waals surface area (Å²) in [7, 11) is 0. The van der Waals surface area contributed by atoms with Crippen LogP contribution in [-0.4, -0.2) is 10.8 Å². The highest BCUT2D eigenvalue weighted by Gasteiger charge is 2.13. The SMILES string of the molecule is N#C/C(=C\c1ccc(-c2cccc([N+](=O)[O-])c2)o1)C(=O)Nc1ccc(Br)cc1. The molecule has 1 heterocycles. The molecule has 7 nitrogen and oxygen atoms in total. The van der Waals surface area contributed by atoms with Crippen LogP contribution >= 0.6 is 15.9 Å². The van der Waals surface area contributed by atoms with Crippen LogP contribution in [0.15, 0.2) is 75.1 Å². The Hall–Kier alpha value is -3.70. The number of hydrogen-bond acceptors (Lipinski definition) is 5. The van der Waals surface area contributed by atoms with E-state index in [9.17, 15) is 20.2 Å². The molecule has 0 aliphatic heterocycles. The van der Waals surface area contributed by atoms with Gasteiger partial charge in [0.05, 0.1) is 4.92 Å². The van der Waals surface area contributed by atoms with Gasteiger partial charge in [0.1, 0.15) is 23.2 Å². The number of nitro benzene ring substituents is 1. The fourth-order valence-corrected chi connectivity index (χ4v) is 2.65. The standard InChI is InChI=1S/C20H12BrN3O4/c21-15-4-6-16(7-5-15)23-20(25)14(12-22)11-18-8-9-19(28-18)13-2-1-3-17(10-13)24(26)27/h1-11H,(H,23,25)/b14-11+. The van der Waals surface area contributed by atoms with Crippen LogP contribution < -0.4 is 5.32 Å². The molecule has 0 bridgehead atoms. The van der Waals surface area contributed by atoms with E-state index in [1.54, 1.807) is 48.5 Å². The highest BCUT2D eigenvalue weighted by atomic mass is 79.9. The number of hydrogen-bond donors (Lipinski definition) is 1. The number of nitriles is 1. The van der Waals surface area contributed by atoms with Crippen LogP contribution in [0.25, 0.3) is 17.4 Å². The second kappa shape index (κ2) is 8.33. The smallest absolute Gasteiger partial charge is 0.270 e. The predicted molar refractivity (Wildman–Crippen MR) is 107 cm³/mol. The molecule has 1 aromatic heterocycles. The monoisotopic (exact) mass is 437 g/mol. The van der Waals surface area contributed by atoms with Crippen molar-refractivity contribution in [2.24, 2.45) is 0 Å². The highest BCUT2D eigenvalue weighted by molar-refractivity contribution is 9.10. The summed E-state index contributed by atoms with van der Waals surface area (Å²) in [5.74, 6) is 0.0997. The van der Waals surface area contributed by atoms with Crippen LogP contribution in [-0.2, 0) is 4.79 Å². The van der Waals surface area contributed by atoms with Crippen molar-refractivity contribution < 1.29 is 14.1 Å². The van der Waals surface area contributed by atoms with Crippen molar-refractivity contribution in [3.63, 3.8) is 0 Å². The van der Waals surface area contributed by atoms with Gasteiger partial charge < -0.3 is 9.73 Å². The van der Waals surface area contributed by atoms with Crippen LogP contribution in [0.3, 0.4) is 0 Å². The molecule has 0 aliphatic rings. The van der Waals surface area contributed by atoms with Gasteiger partial charge in [-0.15, -0.1) is 0 Å². The first-order chi connectivity index (χ1) is 13.5. The van der Waals surface area contributed by atoms with Crippen molar-refractivity contribution in [2.75, 3.05) is 5.32 Å². The maximum atomic E-state index is 12.3. The molecule has 0 spiro atoms. The third-order valence-corrected chi connectivity index (χ3v) is 4.25. The summed E-state index contributed by atoms with van der Waals surface area (Å²) < 4.78 is 6.48. The number of furan rings is 1. The molecule has 1 amide bonds. The molecule has 3 rings (SSSR count). The lowest BCUT2D eigenvalue weighted by Crippen LogP contribution is -2.13. The number of non-ortho nitro benzene ring substituents is 1. The molecule has 1 N–H and O–H groups in total. The third-order valence-electron chi connectivity index (χ3n) is 3.72. The van der Waals surface area contributed by atoms with Gasteiger partial charge in [-0.2, -0.15) is 5.26 Å². The van der Waals surface area contributed by atoms with Crippen molar-refractivity contribution in [1.29, 1.82) is 5.26 Å². The summed E-state index contributed by atoms with van der Waals surface area (Å²) >= 11 is 3.31. The van der Waals surface area contributed by atoms with E-state index in [4.69, 9.17) is 4.42 Å². The van der Waals surface area contributed by atoms with E-state index in [-0.39, 0.29) is 17.0 Å². The van der Waals surface area contributed by atoms with Gasteiger partial charge >= 0.3 is 0 Å². The molecule has 8 heteroatoms. The van der Waals surface area contributed by atoms with E-state index < -0.39 is 10.8 Å². The van der Waals surface area contributed by atoms with Crippen molar-refractivity contribution in [1.82, 2.24) is 0 Å². The average molecular weight is 438 g/mol. The van der Waals surface area contributed by atoms with Gasteiger partial charge in [-0.25, -0.2) is 0 Å². The minimum atomic E-state index is -0.571. The molecule has 0 unspecified atom stereocenters. The molecular weight excluding hydrogens is 426 g/mol. The summed E-state index contributed by atoms with van der Waals surface area (Å²) in [5, 5.41) is 22.8. The number of nitro groups is 1. The molecule has 0 saturated carbocycles. The lowest BCUT2D eigenvalue weighted by Gasteiger charge is -2.03. The van der Waals surface area contributed by atoms with Gasteiger partial charge in [0.15, 0.2) is 0 Å². The Kier molecular flexibility index (Phi) is 5.67. The molecule has 3 aromatic rings. The zero-order chi connectivity index (χ0) is 20.1. The average Bonchev–Trinajstić information content (AvgIpc) is 3.16. The van der Waals surface area contributed by atoms with Gasteiger partial charge in [0, 0.05) is 33.9 Å². The van der Waals surface area contributed by atoms with Crippen molar-refractivity contribution >= 4 is 39.3 Å². The Morgan fingerprint density at radius 1 is 1.18 bits per heavy atom. The van der Waals surface area contributed by atoms with Crippen LogP contribution in [0.1, 0.15) is 5.76 Å². The Labute approximate surface area is 168 Å². The molecule has 0 fully saturated rings. The largest absolute Gasteiger partial charge is 0.457 e. The van der Waals surface area contributed by atoms with Crippen molar-refractivity contribution in [3.8, 4) is 17.4 Å². The Balaban J connectivity index is 1.81. The number of amides is 1. The number of nitrogens with zero attached hydrogens (tertiary/aromatic N) is 2. The van der Waals surface area contributed by atoms with Gasteiger partial charge in [0.2, 0.25) is 0 Å². The third kappa shape index (κ3) is 4.52. The lowest BCUT2D eigenvalue weighted by atomic mass is 10.1. The van der Waals surface area contributed by atoms with Gasteiger partial charge in [0.25, 0.3) is 11.6 Å². The van der Waals surface area contributed by atoms with Gasteiger partial charge in [-0.05, 0) is 36.4 Å². The maximum absolute atomic E-state index is 12.3. The zero-order valence-electron chi connectivity index (χ0n) is 14.3. The fraction of sp³-hybridized carbons (Fsp3) is 0. The molecule has 2 aromatic carbocycles. The predicted octanol–water partition coefficient (Wildman–Crippen LogP) is 5.16. The summed E-state index contributed by atoms with van der Waals surface area (Å²) in [5.41, 5.74) is 0.873. The van der Waals surface area contributed by atoms with E-state index >= 15 is 0 Å².